The first-order chi connectivity index (χ1) is 14.6. The van der Waals surface area contributed by atoms with E-state index in [0.29, 0.717) is 19.1 Å². The number of nitrogens with one attached hydrogen (secondary N) is 1. The molecule has 6 heteroatoms. The van der Waals surface area contributed by atoms with Crippen LogP contribution in [0.25, 0.3) is 0 Å². The summed E-state index contributed by atoms with van der Waals surface area (Å²) in [6.45, 7) is 11.0. The highest BCUT2D eigenvalue weighted by molar-refractivity contribution is 5.78. The van der Waals surface area contributed by atoms with E-state index in [-0.39, 0.29) is 6.04 Å². The van der Waals surface area contributed by atoms with Crippen LogP contribution in [0.4, 0.5) is 5.69 Å². The molecule has 30 heavy (non-hydrogen) atoms. The number of nitrogens with zero attached hydrogens (tertiary/aromatic N) is 3. The third-order valence-corrected chi connectivity index (χ3v) is 6.27. The molecule has 3 N–H and O–H groups in total. The number of hydrogen-bond acceptors (Lipinski definition) is 4. The number of piperazine rings is 1. The van der Waals surface area contributed by atoms with Crippen LogP contribution in [-0.2, 0) is 0 Å². The van der Waals surface area contributed by atoms with Gasteiger partial charge in [-0.1, -0.05) is 30.3 Å². The Hall–Kier alpha value is -2.73. The maximum atomic E-state index is 6.18. The van der Waals surface area contributed by atoms with Crippen LogP contribution in [0.5, 0.6) is 5.75 Å². The van der Waals surface area contributed by atoms with Crippen molar-refractivity contribution in [2.24, 2.45) is 10.7 Å². The molecule has 2 aliphatic rings. The number of nitrogens with two attached hydrogens (primary N) is 1. The highest BCUT2D eigenvalue weighted by atomic mass is 16.5. The topological polar surface area (TPSA) is 66.1 Å². The van der Waals surface area contributed by atoms with Gasteiger partial charge in [0.1, 0.15) is 5.75 Å². The van der Waals surface area contributed by atoms with Gasteiger partial charge in [0, 0.05) is 50.4 Å². The summed E-state index contributed by atoms with van der Waals surface area (Å²) >= 11 is 0. The first kappa shape index (κ1) is 20.5. The molecular formula is C24H33N5O. The maximum absolute atomic E-state index is 6.18. The number of hydrogen-bond donors (Lipinski definition) is 2. The molecule has 0 saturated carbocycles. The van der Waals surface area contributed by atoms with E-state index in [1.54, 1.807) is 0 Å². The fraction of sp³-hybridized carbons (Fsp3) is 0.458. The van der Waals surface area contributed by atoms with Gasteiger partial charge in [0.15, 0.2) is 5.96 Å². The zero-order valence-corrected chi connectivity index (χ0v) is 18.1. The molecule has 0 aromatic heterocycles. The first-order valence-electron chi connectivity index (χ1n) is 10.9. The average molecular weight is 408 g/mol. The smallest absolute Gasteiger partial charge is 0.189 e. The molecule has 1 saturated heterocycles. The minimum atomic E-state index is 0.166. The third kappa shape index (κ3) is 4.70. The van der Waals surface area contributed by atoms with Gasteiger partial charge in [-0.05, 0) is 37.1 Å². The van der Waals surface area contributed by atoms with Crippen LogP contribution < -0.4 is 20.7 Å². The predicted molar refractivity (Wildman–Crippen MR) is 123 cm³/mol. The van der Waals surface area contributed by atoms with Gasteiger partial charge < -0.3 is 20.7 Å². The second-order valence-corrected chi connectivity index (χ2v) is 8.19. The zero-order chi connectivity index (χ0) is 20.9. The van der Waals surface area contributed by atoms with Crippen LogP contribution in [-0.4, -0.2) is 56.7 Å². The first-order valence-corrected chi connectivity index (χ1v) is 10.9. The van der Waals surface area contributed by atoms with Crippen molar-refractivity contribution >= 4 is 11.6 Å². The second-order valence-electron chi connectivity index (χ2n) is 8.19. The van der Waals surface area contributed by atoms with E-state index >= 15 is 0 Å². The van der Waals surface area contributed by atoms with Crippen LogP contribution in [0, 0.1) is 13.8 Å². The Labute approximate surface area is 179 Å². The molecule has 1 atom stereocenters. The van der Waals surface area contributed by atoms with E-state index in [9.17, 15) is 0 Å². The number of guanidine groups is 1. The van der Waals surface area contributed by atoms with Gasteiger partial charge in [-0.25, -0.2) is 0 Å². The summed E-state index contributed by atoms with van der Waals surface area (Å²) in [7, 11) is 0. The number of fused-ring (bicyclic) bond motifs is 1. The summed E-state index contributed by atoms with van der Waals surface area (Å²) in [5, 5.41) is 3.37. The van der Waals surface area contributed by atoms with Crippen LogP contribution in [0.2, 0.25) is 0 Å². The molecule has 6 nitrogen and oxygen atoms in total. The van der Waals surface area contributed by atoms with Crippen molar-refractivity contribution in [2.45, 2.75) is 26.3 Å². The van der Waals surface area contributed by atoms with Crippen LogP contribution in [0.3, 0.4) is 0 Å². The molecule has 2 aliphatic heterocycles. The second kappa shape index (κ2) is 9.39. The zero-order valence-electron chi connectivity index (χ0n) is 18.1. The normalized spacial score (nSPS) is 19.9. The summed E-state index contributed by atoms with van der Waals surface area (Å²) in [5.41, 5.74) is 11.5. The molecule has 0 spiro atoms. The standard InChI is InChI=1S/C24H33N5O/c1-18-6-5-8-22(19(18)2)29-15-13-28(14-16-29)12-11-26-24(25)27-21-10-17-30-23-9-4-3-7-20(21)23/h3-9,21H,10-17H2,1-2H3,(H3,25,26,27). The van der Waals surface area contributed by atoms with E-state index in [1.807, 2.05) is 18.2 Å². The molecule has 160 valence electrons. The van der Waals surface area contributed by atoms with E-state index < -0.39 is 0 Å². The van der Waals surface area contributed by atoms with E-state index in [2.05, 4.69) is 58.2 Å². The van der Waals surface area contributed by atoms with Gasteiger partial charge in [-0.2, -0.15) is 0 Å². The Kier molecular flexibility index (Phi) is 6.43. The van der Waals surface area contributed by atoms with E-state index in [0.717, 1.165) is 50.5 Å². The lowest BCUT2D eigenvalue weighted by atomic mass is 10.0. The number of aliphatic imine (C=N–C) groups is 1. The third-order valence-electron chi connectivity index (χ3n) is 6.27. The average Bonchev–Trinajstić information content (AvgIpc) is 2.77. The summed E-state index contributed by atoms with van der Waals surface area (Å²) < 4.78 is 5.72. The summed E-state index contributed by atoms with van der Waals surface area (Å²) in [5.74, 6) is 1.46. The Morgan fingerprint density at radius 3 is 2.73 bits per heavy atom. The van der Waals surface area contributed by atoms with Crippen molar-refractivity contribution in [3.05, 3.63) is 59.2 Å². The lowest BCUT2D eigenvalue weighted by molar-refractivity contribution is 0.261. The summed E-state index contributed by atoms with van der Waals surface area (Å²) in [6.07, 6.45) is 0.896. The molecule has 0 radical (unpaired) electrons. The molecule has 2 heterocycles. The van der Waals surface area contributed by atoms with Crippen molar-refractivity contribution in [2.75, 3.05) is 50.8 Å². The van der Waals surface area contributed by atoms with Gasteiger partial charge in [-0.15, -0.1) is 0 Å². The fourth-order valence-corrected chi connectivity index (χ4v) is 4.32. The van der Waals surface area contributed by atoms with Gasteiger partial charge in [0.2, 0.25) is 0 Å². The van der Waals surface area contributed by atoms with Gasteiger partial charge in [-0.3, -0.25) is 9.89 Å². The number of benzene rings is 2. The Balaban J connectivity index is 1.24. The number of rotatable bonds is 5. The minimum absolute atomic E-state index is 0.166. The van der Waals surface area contributed by atoms with Crippen molar-refractivity contribution in [1.29, 1.82) is 0 Å². The lowest BCUT2D eigenvalue weighted by Gasteiger charge is -2.36. The minimum Gasteiger partial charge on any atom is -0.493 e. The number of ether oxygens (including phenoxy) is 1. The number of para-hydroxylation sites is 1. The SMILES string of the molecule is Cc1cccc(N2CCN(CCN=C(N)NC3CCOc4ccccc43)CC2)c1C. The molecule has 0 aliphatic carbocycles. The Morgan fingerprint density at radius 2 is 1.90 bits per heavy atom. The number of aryl methyl sites for hydroxylation is 1. The molecule has 4 rings (SSSR count). The van der Waals surface area contributed by atoms with Crippen molar-refractivity contribution < 1.29 is 4.74 Å². The van der Waals surface area contributed by atoms with E-state index in [1.165, 1.54) is 16.8 Å². The maximum Gasteiger partial charge on any atom is 0.189 e. The monoisotopic (exact) mass is 407 g/mol. The summed E-state index contributed by atoms with van der Waals surface area (Å²) in [4.78, 5) is 9.55. The van der Waals surface area contributed by atoms with Crippen molar-refractivity contribution in [3.63, 3.8) is 0 Å². The molecule has 2 aromatic rings. The molecule has 2 aromatic carbocycles. The quantitative estimate of drug-likeness (QED) is 0.589. The highest BCUT2D eigenvalue weighted by Gasteiger charge is 2.21. The summed E-state index contributed by atoms with van der Waals surface area (Å²) in [6, 6.07) is 14.9. The molecular weight excluding hydrogens is 374 g/mol. The predicted octanol–water partition coefficient (Wildman–Crippen LogP) is 2.85. The Bertz CT molecular complexity index is 889. The van der Waals surface area contributed by atoms with Gasteiger partial charge >= 0.3 is 0 Å². The van der Waals surface area contributed by atoms with Crippen LogP contribution >= 0.6 is 0 Å². The van der Waals surface area contributed by atoms with Crippen LogP contribution in [0.15, 0.2) is 47.5 Å². The van der Waals surface area contributed by atoms with Crippen molar-refractivity contribution in [1.82, 2.24) is 10.2 Å². The molecule has 1 unspecified atom stereocenters. The van der Waals surface area contributed by atoms with Crippen molar-refractivity contribution in [3.8, 4) is 5.75 Å². The lowest BCUT2D eigenvalue weighted by Crippen LogP contribution is -2.47. The Morgan fingerprint density at radius 1 is 1.10 bits per heavy atom. The van der Waals surface area contributed by atoms with E-state index in [4.69, 9.17) is 10.5 Å². The molecule has 0 bridgehead atoms. The van der Waals surface area contributed by atoms with Gasteiger partial charge in [0.25, 0.3) is 0 Å². The largest absolute Gasteiger partial charge is 0.493 e. The molecule has 0 amide bonds. The highest BCUT2D eigenvalue weighted by Crippen LogP contribution is 2.31. The van der Waals surface area contributed by atoms with Crippen LogP contribution in [0.1, 0.15) is 29.2 Å². The number of anilines is 1. The molecule has 1 fully saturated rings. The van der Waals surface area contributed by atoms with Gasteiger partial charge in [0.05, 0.1) is 19.2 Å². The fourth-order valence-electron chi connectivity index (χ4n) is 4.32.